The van der Waals surface area contributed by atoms with E-state index < -0.39 is 0 Å². The van der Waals surface area contributed by atoms with Gasteiger partial charge in [0.2, 0.25) is 0 Å². The van der Waals surface area contributed by atoms with Gasteiger partial charge in [-0.1, -0.05) is 109 Å². The fourth-order valence-electron chi connectivity index (χ4n) is 4.54. The Bertz CT molecular complexity index is 1810. The highest BCUT2D eigenvalue weighted by atomic mass is 15.1. The van der Waals surface area contributed by atoms with Crippen molar-refractivity contribution in [3.05, 3.63) is 180 Å². The summed E-state index contributed by atoms with van der Waals surface area (Å²) in [7, 11) is 0. The SMILES string of the molecule is C(=Nc1ccc(Cc2ccc(N=Cc3ccccc3)cc2N=Nc2ccccc2)c(N=Nc2ccccc2)c1)c1ccccc1. The quantitative estimate of drug-likeness (QED) is 0.114. The first-order valence-corrected chi connectivity index (χ1v) is 14.7. The number of nitrogens with zero attached hydrogens (tertiary/aromatic N) is 6. The number of aliphatic imine (C=N–C) groups is 2. The van der Waals surface area contributed by atoms with Crippen molar-refractivity contribution >= 4 is 46.6 Å². The molecule has 0 amide bonds. The molecular formula is C39H30N6. The van der Waals surface area contributed by atoms with E-state index in [1.54, 1.807) is 0 Å². The topological polar surface area (TPSA) is 74.2 Å². The van der Waals surface area contributed by atoms with Crippen molar-refractivity contribution in [3.8, 4) is 0 Å². The maximum Gasteiger partial charge on any atom is 0.0913 e. The summed E-state index contributed by atoms with van der Waals surface area (Å²) in [6.45, 7) is 0. The van der Waals surface area contributed by atoms with Gasteiger partial charge in [0.1, 0.15) is 0 Å². The van der Waals surface area contributed by atoms with Gasteiger partial charge < -0.3 is 0 Å². The van der Waals surface area contributed by atoms with Gasteiger partial charge in [-0.05, 0) is 70.8 Å². The standard InChI is InChI=1S/C39H30N6/c1-5-13-30(14-6-1)28-40-36-23-21-32(38(26-36)44-42-34-17-9-3-10-18-34)25-33-22-24-37(41-29-31-15-7-2-8-16-31)27-39(33)45-43-35-19-11-4-12-20-35/h1-24,26-29H,25H2. The first kappa shape index (κ1) is 29.0. The van der Waals surface area contributed by atoms with Crippen molar-refractivity contribution in [2.75, 3.05) is 0 Å². The van der Waals surface area contributed by atoms with Gasteiger partial charge in [0.15, 0.2) is 0 Å². The molecule has 0 radical (unpaired) electrons. The molecule has 0 aliphatic heterocycles. The molecule has 6 rings (SSSR count). The van der Waals surface area contributed by atoms with Crippen LogP contribution in [0.15, 0.2) is 188 Å². The van der Waals surface area contributed by atoms with Gasteiger partial charge in [0, 0.05) is 18.9 Å². The van der Waals surface area contributed by atoms with E-state index in [0.29, 0.717) is 6.42 Å². The Balaban J connectivity index is 1.35. The largest absolute Gasteiger partial charge is 0.256 e. The van der Waals surface area contributed by atoms with Crippen LogP contribution in [0.25, 0.3) is 0 Å². The highest BCUT2D eigenvalue weighted by Gasteiger charge is 2.10. The van der Waals surface area contributed by atoms with E-state index in [1.165, 1.54) is 0 Å². The minimum absolute atomic E-state index is 0.567. The number of hydrogen-bond acceptors (Lipinski definition) is 6. The van der Waals surface area contributed by atoms with E-state index >= 15 is 0 Å². The molecule has 0 aliphatic rings. The molecule has 0 saturated carbocycles. The maximum absolute atomic E-state index is 4.70. The lowest BCUT2D eigenvalue weighted by Crippen LogP contribution is -1.90. The molecule has 216 valence electrons. The minimum atomic E-state index is 0.567. The van der Waals surface area contributed by atoms with Gasteiger partial charge >= 0.3 is 0 Å². The monoisotopic (exact) mass is 582 g/mol. The zero-order valence-electron chi connectivity index (χ0n) is 24.6. The summed E-state index contributed by atoms with van der Waals surface area (Å²) in [5.41, 5.74) is 8.64. The minimum Gasteiger partial charge on any atom is -0.256 e. The molecule has 0 aromatic heterocycles. The summed E-state index contributed by atoms with van der Waals surface area (Å²) in [5, 5.41) is 18.4. The molecule has 6 heteroatoms. The van der Waals surface area contributed by atoms with Crippen molar-refractivity contribution in [1.29, 1.82) is 0 Å². The molecule has 6 aromatic carbocycles. The van der Waals surface area contributed by atoms with Gasteiger partial charge in [-0.25, -0.2) is 0 Å². The van der Waals surface area contributed by atoms with Crippen molar-refractivity contribution in [2.24, 2.45) is 30.4 Å². The van der Waals surface area contributed by atoms with E-state index in [1.807, 2.05) is 158 Å². The highest BCUT2D eigenvalue weighted by Crippen LogP contribution is 2.34. The number of azo groups is 2. The third kappa shape index (κ3) is 8.46. The lowest BCUT2D eigenvalue weighted by Gasteiger charge is -2.10. The van der Waals surface area contributed by atoms with Gasteiger partial charge in [-0.3, -0.25) is 9.98 Å². The lowest BCUT2D eigenvalue weighted by molar-refractivity contribution is 1.12. The van der Waals surface area contributed by atoms with Crippen LogP contribution in [0, 0.1) is 0 Å². The number of hydrogen-bond donors (Lipinski definition) is 0. The van der Waals surface area contributed by atoms with E-state index in [9.17, 15) is 0 Å². The second-order valence-electron chi connectivity index (χ2n) is 10.2. The summed E-state index contributed by atoms with van der Waals surface area (Å²) in [5.74, 6) is 0. The van der Waals surface area contributed by atoms with Crippen LogP contribution in [0.4, 0.5) is 34.1 Å². The van der Waals surface area contributed by atoms with Crippen LogP contribution < -0.4 is 0 Å². The van der Waals surface area contributed by atoms with Crippen LogP contribution in [0.1, 0.15) is 22.3 Å². The Hall–Kier alpha value is -6.14. The summed E-state index contributed by atoms with van der Waals surface area (Å²) < 4.78 is 0. The second kappa shape index (κ2) is 14.8. The van der Waals surface area contributed by atoms with E-state index in [4.69, 9.17) is 9.98 Å². The molecule has 0 aliphatic carbocycles. The first-order valence-electron chi connectivity index (χ1n) is 14.7. The summed E-state index contributed by atoms with van der Waals surface area (Å²) in [6.07, 6.45) is 4.27. The molecule has 0 bridgehead atoms. The predicted octanol–water partition coefficient (Wildman–Crippen LogP) is 11.6. The Labute approximate surface area is 262 Å². The molecule has 45 heavy (non-hydrogen) atoms. The smallest absolute Gasteiger partial charge is 0.0913 e. The van der Waals surface area contributed by atoms with Crippen molar-refractivity contribution in [2.45, 2.75) is 6.42 Å². The van der Waals surface area contributed by atoms with Crippen LogP contribution >= 0.6 is 0 Å². The molecule has 0 unspecified atom stereocenters. The number of rotatable bonds is 10. The van der Waals surface area contributed by atoms with E-state index in [2.05, 4.69) is 32.6 Å². The zero-order valence-corrected chi connectivity index (χ0v) is 24.6. The Morgan fingerprint density at radius 1 is 0.356 bits per heavy atom. The van der Waals surface area contributed by atoms with Crippen LogP contribution in [-0.4, -0.2) is 12.4 Å². The van der Waals surface area contributed by atoms with Gasteiger partial charge in [0.05, 0.1) is 34.1 Å². The second-order valence-corrected chi connectivity index (χ2v) is 10.2. The zero-order chi connectivity index (χ0) is 30.5. The highest BCUT2D eigenvalue weighted by molar-refractivity contribution is 5.83. The van der Waals surface area contributed by atoms with Crippen LogP contribution in [0.3, 0.4) is 0 Å². The van der Waals surface area contributed by atoms with Crippen LogP contribution in [0.5, 0.6) is 0 Å². The Morgan fingerprint density at radius 3 is 1.13 bits per heavy atom. The Kier molecular flexibility index (Phi) is 9.55. The van der Waals surface area contributed by atoms with Crippen molar-refractivity contribution in [1.82, 2.24) is 0 Å². The van der Waals surface area contributed by atoms with Gasteiger partial charge in [-0.15, -0.1) is 0 Å². The molecule has 0 fully saturated rings. The molecule has 0 N–H and O–H groups in total. The van der Waals surface area contributed by atoms with Gasteiger partial charge in [0.25, 0.3) is 0 Å². The average Bonchev–Trinajstić information content (AvgIpc) is 3.11. The van der Waals surface area contributed by atoms with Crippen LogP contribution in [-0.2, 0) is 6.42 Å². The van der Waals surface area contributed by atoms with Crippen molar-refractivity contribution < 1.29 is 0 Å². The van der Waals surface area contributed by atoms with E-state index in [-0.39, 0.29) is 0 Å². The average molecular weight is 583 g/mol. The maximum atomic E-state index is 4.70. The van der Waals surface area contributed by atoms with E-state index in [0.717, 1.165) is 56.4 Å². The molecule has 6 nitrogen and oxygen atoms in total. The van der Waals surface area contributed by atoms with Crippen molar-refractivity contribution in [3.63, 3.8) is 0 Å². The first-order chi connectivity index (χ1) is 22.3. The molecular weight excluding hydrogens is 552 g/mol. The summed E-state index contributed by atoms with van der Waals surface area (Å²) in [6, 6.07) is 51.5. The lowest BCUT2D eigenvalue weighted by atomic mass is 10.0. The normalized spacial score (nSPS) is 11.7. The summed E-state index contributed by atoms with van der Waals surface area (Å²) in [4.78, 5) is 9.40. The Morgan fingerprint density at radius 2 is 0.733 bits per heavy atom. The molecule has 0 saturated heterocycles. The number of benzene rings is 6. The van der Waals surface area contributed by atoms with Gasteiger partial charge in [-0.2, -0.15) is 20.5 Å². The third-order valence-electron chi connectivity index (χ3n) is 6.90. The third-order valence-corrected chi connectivity index (χ3v) is 6.90. The summed E-state index contributed by atoms with van der Waals surface area (Å²) >= 11 is 0. The predicted molar refractivity (Wildman–Crippen MR) is 184 cm³/mol. The molecule has 0 heterocycles. The molecule has 6 aromatic rings. The fraction of sp³-hybridized carbons (Fsp3) is 0.0256. The van der Waals surface area contributed by atoms with Crippen LogP contribution in [0.2, 0.25) is 0 Å². The molecule has 0 atom stereocenters. The molecule has 0 spiro atoms. The fourth-order valence-corrected chi connectivity index (χ4v) is 4.54.